The zero-order chi connectivity index (χ0) is 89.3. The summed E-state index contributed by atoms with van der Waals surface area (Å²) in [5.74, 6) is -8.09. The topological polar surface area (TPSA) is 445 Å². The summed E-state index contributed by atoms with van der Waals surface area (Å²) < 4.78 is 103. The molecule has 12 atom stereocenters. The maximum Gasteiger partial charge on any atom is 0.411 e. The summed E-state index contributed by atoms with van der Waals surface area (Å²) in [6.45, 7) is 5.23. The van der Waals surface area contributed by atoms with Crippen LogP contribution in [0.5, 0.6) is 34.5 Å². The predicted molar refractivity (Wildman–Crippen MR) is 432 cm³/mol. The molecular weight excluding hydrogens is 1670 g/mol. The van der Waals surface area contributed by atoms with Gasteiger partial charge in [-0.25, -0.2) is 19.2 Å². The van der Waals surface area contributed by atoms with Gasteiger partial charge in [-0.15, -0.1) is 22.7 Å². The van der Waals surface area contributed by atoms with Crippen LogP contribution >= 0.6 is 22.7 Å². The Hall–Kier alpha value is -12.7. The Morgan fingerprint density at radius 1 is 0.435 bits per heavy atom. The number of esters is 8. The number of carbonyl (C=O) groups is 12. The first-order chi connectivity index (χ1) is 59.3. The number of nitrogens with one attached hydrogen (secondary N) is 2. The number of anilines is 2. The minimum atomic E-state index is -1.72. The summed E-state index contributed by atoms with van der Waals surface area (Å²) in [6.07, 6.45) is -17.8. The summed E-state index contributed by atoms with van der Waals surface area (Å²) in [4.78, 5) is 166. The van der Waals surface area contributed by atoms with Gasteiger partial charge in [0.05, 0.1) is 76.2 Å². The first-order valence-electron chi connectivity index (χ1n) is 38.6. The number of hydrogen-bond acceptors (Lipinski definition) is 35. The Labute approximate surface area is 718 Å². The van der Waals surface area contributed by atoms with Gasteiger partial charge < -0.3 is 110 Å². The van der Waals surface area contributed by atoms with E-state index in [1.54, 1.807) is 0 Å². The first kappa shape index (κ1) is 92.1. The van der Waals surface area contributed by atoms with Crippen molar-refractivity contribution in [3.05, 3.63) is 174 Å². The normalized spacial score (nSPS) is 20.6. The van der Waals surface area contributed by atoms with E-state index >= 15 is 9.59 Å². The smallest absolute Gasteiger partial charge is 0.411 e. The number of thiophene rings is 2. The average Bonchev–Trinajstić information content (AvgIpc) is 0.901. The van der Waals surface area contributed by atoms with Crippen LogP contribution in [0.25, 0.3) is 0 Å². The number of methoxy groups -OCH3 is 4. The SMILES string of the molecule is COC(=O)[C@H]1O[C@@H](Oc2ccc(COC(=O)Nc3cc(OCc4cc(COc5cc(NC(=O)OCc6ccc(O[C@@H]7O[C@H](C(=O)OC)[C@@H](OC(C)=O)[C@H](OC(C)=O)[C@H]7OC(C)=O)cc6)c(C(=O)N6Cc7ccsc7C[C@@H]6CO)cc5OC)cc(CN(C)C)c4)c(OC)cc3C(=O)N3Cc4ccsc4C[C@H]3CO)cc2)[C@H](OC(C)=O)[C@@H](OC(C)=O)[C@@H]1OC(C)=O. The Bertz CT molecular complexity index is 4770. The van der Waals surface area contributed by atoms with Crippen LogP contribution in [0.15, 0.2) is 114 Å². The molecule has 7 aromatic rings. The van der Waals surface area contributed by atoms with E-state index in [-0.39, 0.29) is 110 Å². The van der Waals surface area contributed by atoms with E-state index in [0.29, 0.717) is 41.6 Å². The number of carbonyl (C=O) groups excluding carboxylic acids is 12. The number of amides is 4. The molecule has 124 heavy (non-hydrogen) atoms. The summed E-state index contributed by atoms with van der Waals surface area (Å²) >= 11 is 3.01. The third kappa shape index (κ3) is 23.2. The van der Waals surface area contributed by atoms with Gasteiger partial charge in [-0.3, -0.25) is 49.0 Å². The molecule has 5 aromatic carbocycles. The van der Waals surface area contributed by atoms with Crippen molar-refractivity contribution in [2.45, 2.75) is 174 Å². The molecule has 0 aliphatic carbocycles. The number of hydrogen-bond donors (Lipinski definition) is 4. The van der Waals surface area contributed by atoms with Crippen molar-refractivity contribution in [1.82, 2.24) is 14.7 Å². The summed E-state index contributed by atoms with van der Waals surface area (Å²) in [5.41, 5.74) is 4.36. The van der Waals surface area contributed by atoms with Crippen molar-refractivity contribution >= 4 is 106 Å². The van der Waals surface area contributed by atoms with Crippen molar-refractivity contribution in [3.8, 4) is 34.5 Å². The third-order valence-corrected chi connectivity index (χ3v) is 21.7. The van der Waals surface area contributed by atoms with Crippen LogP contribution in [0.4, 0.5) is 21.0 Å². The van der Waals surface area contributed by atoms with E-state index in [1.165, 1.54) is 119 Å². The fraction of sp³-hybridized carbons (Fsp3) is 0.412. The van der Waals surface area contributed by atoms with E-state index < -0.39 is 145 Å². The van der Waals surface area contributed by atoms with Crippen LogP contribution in [0.2, 0.25) is 0 Å². The molecule has 0 unspecified atom stereocenters. The van der Waals surface area contributed by atoms with Gasteiger partial charge in [0.25, 0.3) is 11.8 Å². The molecule has 11 rings (SSSR count). The van der Waals surface area contributed by atoms with Gasteiger partial charge in [0.2, 0.25) is 24.8 Å². The van der Waals surface area contributed by atoms with Gasteiger partial charge in [0.1, 0.15) is 37.9 Å². The molecule has 0 bridgehead atoms. The van der Waals surface area contributed by atoms with Crippen molar-refractivity contribution in [2.75, 3.05) is 66.4 Å². The molecule has 0 spiro atoms. The zero-order valence-corrected chi connectivity index (χ0v) is 71.1. The van der Waals surface area contributed by atoms with Gasteiger partial charge in [-0.2, -0.15) is 0 Å². The molecule has 4 aliphatic rings. The zero-order valence-electron chi connectivity index (χ0n) is 69.5. The number of ether oxygens (including phenoxy) is 18. The lowest BCUT2D eigenvalue weighted by Gasteiger charge is -2.43. The summed E-state index contributed by atoms with van der Waals surface area (Å²) in [5, 5.41) is 30.6. The highest BCUT2D eigenvalue weighted by Crippen LogP contribution is 2.42. The van der Waals surface area contributed by atoms with E-state index in [1.807, 2.05) is 60.1 Å². The minimum absolute atomic E-state index is 0.0481. The van der Waals surface area contributed by atoms with Crippen molar-refractivity contribution in [2.24, 2.45) is 0 Å². The van der Waals surface area contributed by atoms with Crippen LogP contribution in [-0.4, -0.2) is 226 Å². The maximum absolute atomic E-state index is 15.0. The first-order valence-corrected chi connectivity index (χ1v) is 40.4. The van der Waals surface area contributed by atoms with Gasteiger partial charge >= 0.3 is 59.9 Å². The van der Waals surface area contributed by atoms with Crippen LogP contribution in [-0.2, 0) is 154 Å². The Balaban J connectivity index is 0.826. The van der Waals surface area contributed by atoms with Crippen LogP contribution in [0.3, 0.4) is 0 Å². The van der Waals surface area contributed by atoms with Gasteiger partial charge in [0, 0.05) is 95.9 Å². The second-order valence-electron chi connectivity index (χ2n) is 29.0. The molecular formula is C85H93N5O32S2. The highest BCUT2D eigenvalue weighted by Gasteiger charge is 2.58. The molecule has 662 valence electrons. The molecule has 4 amide bonds. The third-order valence-electron chi connectivity index (χ3n) is 19.7. The summed E-state index contributed by atoms with van der Waals surface area (Å²) in [7, 11) is 8.60. The Kier molecular flexibility index (Phi) is 31.1. The predicted octanol–water partition coefficient (Wildman–Crippen LogP) is 7.81. The fourth-order valence-electron chi connectivity index (χ4n) is 14.3. The Morgan fingerprint density at radius 3 is 1.13 bits per heavy atom. The van der Waals surface area contributed by atoms with E-state index in [2.05, 4.69) is 10.6 Å². The average molecular weight is 1760 g/mol. The van der Waals surface area contributed by atoms with Crippen molar-refractivity contribution < 1.29 is 153 Å². The molecule has 37 nitrogen and oxygen atoms in total. The molecule has 4 N–H and O–H groups in total. The molecule has 0 radical (unpaired) electrons. The highest BCUT2D eigenvalue weighted by atomic mass is 32.1. The maximum atomic E-state index is 15.0. The number of nitrogens with zero attached hydrogens (tertiary/aromatic N) is 3. The van der Waals surface area contributed by atoms with Crippen molar-refractivity contribution in [1.29, 1.82) is 0 Å². The van der Waals surface area contributed by atoms with Gasteiger partial charge in [0.15, 0.2) is 59.6 Å². The van der Waals surface area contributed by atoms with Gasteiger partial charge in [-0.05, 0) is 118 Å². The molecule has 4 aliphatic heterocycles. The second kappa shape index (κ2) is 41.9. The highest BCUT2D eigenvalue weighted by molar-refractivity contribution is 7.10. The Morgan fingerprint density at radius 2 is 0.790 bits per heavy atom. The number of aliphatic hydroxyl groups is 2. The number of benzene rings is 5. The largest absolute Gasteiger partial charge is 0.493 e. The van der Waals surface area contributed by atoms with Crippen LogP contribution in [0, 0.1) is 0 Å². The van der Waals surface area contributed by atoms with E-state index in [0.717, 1.165) is 82.2 Å². The van der Waals surface area contributed by atoms with Crippen molar-refractivity contribution in [3.63, 3.8) is 0 Å². The van der Waals surface area contributed by atoms with Crippen LogP contribution in [0.1, 0.15) is 111 Å². The lowest BCUT2D eigenvalue weighted by molar-refractivity contribution is -0.282. The number of rotatable bonds is 32. The molecule has 6 heterocycles. The number of aliphatic hydroxyl groups excluding tert-OH is 2. The fourth-order valence-corrected chi connectivity index (χ4v) is 16.2. The quantitative estimate of drug-likeness (QED) is 0.0231. The molecule has 2 aromatic heterocycles. The number of fused-ring (bicyclic) bond motifs is 2. The monoisotopic (exact) mass is 1760 g/mol. The molecule has 2 fully saturated rings. The molecule has 0 saturated carbocycles. The standard InChI is InChI=1S/C85H93N5O32S2/c1-43(93)113-70-72(115-45(3)95)76(117-47(5)97)82(121-74(70)80(101)107-11)119-58-17-13-49(14-18-58)39-111-84(103)86-62-32-66(64(105-9)30-60(62)78(99)89-35-54-21-23-123-68(54)28-56(89)37-91)109-41-52-25-51(34-88(7)8)26-53(27-52)42-110-67-33-63(61(31-65(67)106-10)79(100)90-36-55-22-24-124-69(55)29-57(90)38-92)87-85(104)112-40-50-15-19-59(20-16-50)120-83-77(118-48(6)98)73(116-46(4)96)71(114-44(2)94)75(122-83)81(102)108-12/h13-27,30-33,56-57,70-77,82-83,91-92H,28-29,34-42H2,1-12H3,(H,86,103)(H,87,104)/t56-,57+,70-,71-,72-,73-,74-,75-,76+,77+,82+,83+/m0/s1. The summed E-state index contributed by atoms with van der Waals surface area (Å²) in [6, 6.07) is 25.6. The van der Waals surface area contributed by atoms with Gasteiger partial charge in [-0.1, -0.05) is 36.4 Å². The second-order valence-corrected chi connectivity index (χ2v) is 31.0. The minimum Gasteiger partial charge on any atom is -0.493 e. The lowest BCUT2D eigenvalue weighted by atomic mass is 9.97. The molecule has 2 saturated heterocycles. The van der Waals surface area contributed by atoms with Crippen LogP contribution < -0.4 is 39.1 Å². The molecule has 39 heteroatoms. The van der Waals surface area contributed by atoms with E-state index in [9.17, 15) is 58.2 Å². The van der Waals surface area contributed by atoms with E-state index in [4.69, 9.17) is 85.3 Å². The lowest BCUT2D eigenvalue weighted by Crippen LogP contribution is -2.64.